The Balaban J connectivity index is 0. The maximum absolute atomic E-state index is 9.45. The third kappa shape index (κ3) is 8.31. The molecular formula is C9H20O9. The number of aliphatic hydroxyl groups excluding tert-OH is 7. The van der Waals surface area contributed by atoms with Crippen molar-refractivity contribution >= 4 is 5.97 Å². The summed E-state index contributed by atoms with van der Waals surface area (Å²) in [5.41, 5.74) is 0. The van der Waals surface area contributed by atoms with Crippen LogP contribution in [0.5, 0.6) is 0 Å². The van der Waals surface area contributed by atoms with Crippen LogP contribution in [-0.2, 0) is 4.79 Å². The number of aliphatic carboxylic acids is 1. The Labute approximate surface area is 103 Å². The maximum atomic E-state index is 9.45. The van der Waals surface area contributed by atoms with Gasteiger partial charge in [-0.25, -0.2) is 4.79 Å². The van der Waals surface area contributed by atoms with E-state index >= 15 is 0 Å². The Hall–Kier alpha value is -0.810. The minimum atomic E-state index is -1.67. The zero-order valence-corrected chi connectivity index (χ0v) is 9.79. The normalized spacial score (nSPS) is 18.9. The molecule has 110 valence electrons. The van der Waals surface area contributed by atoms with Gasteiger partial charge in [0.2, 0.25) is 0 Å². The summed E-state index contributed by atoms with van der Waals surface area (Å²) in [7, 11) is 0. The topological polar surface area (TPSA) is 179 Å². The fourth-order valence-electron chi connectivity index (χ4n) is 0.671. The first-order valence-corrected chi connectivity index (χ1v) is 5.03. The second kappa shape index (κ2) is 10.1. The Bertz CT molecular complexity index is 206. The van der Waals surface area contributed by atoms with Crippen molar-refractivity contribution < 1.29 is 45.6 Å². The van der Waals surface area contributed by atoms with E-state index < -0.39 is 49.7 Å². The molecule has 0 aliphatic carbocycles. The molecule has 0 fully saturated rings. The number of carboxylic acid groups (broad SMARTS) is 1. The van der Waals surface area contributed by atoms with Gasteiger partial charge in [-0.05, 0) is 6.92 Å². The predicted octanol–water partition coefficient (Wildman–Crippen LogP) is -4.13. The van der Waals surface area contributed by atoms with Crippen molar-refractivity contribution in [1.29, 1.82) is 0 Å². The van der Waals surface area contributed by atoms with Crippen LogP contribution in [-0.4, -0.2) is 90.6 Å². The fraction of sp³-hybridized carbons (Fsp3) is 0.889. The lowest BCUT2D eigenvalue weighted by Crippen LogP contribution is -2.46. The Morgan fingerprint density at radius 3 is 1.22 bits per heavy atom. The van der Waals surface area contributed by atoms with Gasteiger partial charge in [-0.3, -0.25) is 0 Å². The lowest BCUT2D eigenvalue weighted by atomic mass is 10.0. The molecule has 8 N–H and O–H groups in total. The average molecular weight is 272 g/mol. The van der Waals surface area contributed by atoms with Gasteiger partial charge in [0, 0.05) is 0 Å². The van der Waals surface area contributed by atoms with Crippen molar-refractivity contribution in [3.05, 3.63) is 0 Å². The Kier molecular flexibility index (Phi) is 11.0. The zero-order chi connectivity index (χ0) is 14.9. The van der Waals surface area contributed by atoms with Crippen molar-refractivity contribution in [2.24, 2.45) is 0 Å². The van der Waals surface area contributed by atoms with Crippen LogP contribution in [0.1, 0.15) is 6.92 Å². The van der Waals surface area contributed by atoms with Gasteiger partial charge < -0.3 is 40.9 Å². The van der Waals surface area contributed by atoms with E-state index in [-0.39, 0.29) is 0 Å². The van der Waals surface area contributed by atoms with Gasteiger partial charge in [0.15, 0.2) is 0 Å². The van der Waals surface area contributed by atoms with Gasteiger partial charge >= 0.3 is 5.97 Å². The monoisotopic (exact) mass is 272 g/mol. The highest BCUT2D eigenvalue weighted by molar-refractivity contribution is 5.71. The molecule has 0 aromatic rings. The van der Waals surface area contributed by atoms with E-state index in [0.29, 0.717) is 0 Å². The number of aliphatic hydroxyl groups is 7. The standard InChI is InChI=1S/C6H14O6.C3H6O3/c7-1-3(9)5(11)6(12)4(10)2-8;1-2(4)3(5)6/h3-12H,1-2H2;2,4H,1H3,(H,5,6). The van der Waals surface area contributed by atoms with Crippen molar-refractivity contribution in [2.45, 2.75) is 37.4 Å². The van der Waals surface area contributed by atoms with Crippen LogP contribution in [0.3, 0.4) is 0 Å². The highest BCUT2D eigenvalue weighted by Crippen LogP contribution is 2.03. The summed E-state index contributed by atoms with van der Waals surface area (Å²) >= 11 is 0. The summed E-state index contributed by atoms with van der Waals surface area (Å²) in [6, 6.07) is 0. The summed E-state index contributed by atoms with van der Waals surface area (Å²) in [6.07, 6.45) is -7.62. The smallest absolute Gasteiger partial charge is 0.332 e. The van der Waals surface area contributed by atoms with Gasteiger partial charge in [-0.15, -0.1) is 0 Å². The van der Waals surface area contributed by atoms with E-state index in [4.69, 9.17) is 40.9 Å². The molecule has 18 heavy (non-hydrogen) atoms. The van der Waals surface area contributed by atoms with Crippen molar-refractivity contribution in [2.75, 3.05) is 13.2 Å². The molecule has 0 aliphatic rings. The molecule has 0 saturated heterocycles. The highest BCUT2D eigenvalue weighted by atomic mass is 16.4. The summed E-state index contributed by atoms with van der Waals surface area (Å²) in [5, 5.41) is 67.9. The van der Waals surface area contributed by atoms with Gasteiger partial charge in [0.05, 0.1) is 13.2 Å². The largest absolute Gasteiger partial charge is 0.479 e. The molecule has 0 bridgehead atoms. The summed E-state index contributed by atoms with van der Waals surface area (Å²) in [4.78, 5) is 9.45. The van der Waals surface area contributed by atoms with Crippen LogP contribution in [0.25, 0.3) is 0 Å². The molecule has 0 rings (SSSR count). The predicted molar refractivity (Wildman–Crippen MR) is 57.5 cm³/mol. The molecule has 0 heterocycles. The maximum Gasteiger partial charge on any atom is 0.332 e. The second-order valence-electron chi connectivity index (χ2n) is 3.50. The SMILES string of the molecule is CC(O)C(=O)O.OCC(O)C(O)C(O)C(O)CO. The molecule has 0 radical (unpaired) electrons. The molecule has 9 heteroatoms. The first-order chi connectivity index (χ1) is 8.18. The summed E-state index contributed by atoms with van der Waals surface area (Å²) in [5.74, 6) is -1.19. The van der Waals surface area contributed by atoms with E-state index in [1.165, 1.54) is 6.92 Å². The van der Waals surface area contributed by atoms with E-state index in [2.05, 4.69) is 0 Å². The van der Waals surface area contributed by atoms with Crippen LogP contribution in [0, 0.1) is 0 Å². The molecule has 5 atom stereocenters. The molecule has 9 nitrogen and oxygen atoms in total. The highest BCUT2D eigenvalue weighted by Gasteiger charge is 2.29. The van der Waals surface area contributed by atoms with Crippen LogP contribution in [0.15, 0.2) is 0 Å². The first-order valence-electron chi connectivity index (χ1n) is 5.03. The number of hydrogen-bond donors (Lipinski definition) is 8. The summed E-state index contributed by atoms with van der Waals surface area (Å²) in [6.45, 7) is -0.255. The molecule has 0 spiro atoms. The molecule has 0 aromatic heterocycles. The third-order valence-corrected chi connectivity index (χ3v) is 1.87. The van der Waals surface area contributed by atoms with Crippen LogP contribution < -0.4 is 0 Å². The van der Waals surface area contributed by atoms with Gasteiger partial charge in [0.1, 0.15) is 30.5 Å². The molecule has 0 aliphatic heterocycles. The minimum Gasteiger partial charge on any atom is -0.479 e. The first kappa shape index (κ1) is 19.5. The molecule has 0 saturated carbocycles. The fourth-order valence-corrected chi connectivity index (χ4v) is 0.671. The lowest BCUT2D eigenvalue weighted by molar-refractivity contribution is -0.145. The van der Waals surface area contributed by atoms with Gasteiger partial charge in [-0.2, -0.15) is 0 Å². The molecule has 0 aromatic carbocycles. The van der Waals surface area contributed by atoms with E-state index in [1.54, 1.807) is 0 Å². The van der Waals surface area contributed by atoms with Crippen LogP contribution >= 0.6 is 0 Å². The zero-order valence-electron chi connectivity index (χ0n) is 9.79. The van der Waals surface area contributed by atoms with Gasteiger partial charge in [-0.1, -0.05) is 0 Å². The number of hydrogen-bond acceptors (Lipinski definition) is 8. The van der Waals surface area contributed by atoms with Crippen molar-refractivity contribution in [3.63, 3.8) is 0 Å². The van der Waals surface area contributed by atoms with Crippen molar-refractivity contribution in [1.82, 2.24) is 0 Å². The summed E-state index contributed by atoms with van der Waals surface area (Å²) < 4.78 is 0. The Morgan fingerprint density at radius 1 is 0.889 bits per heavy atom. The van der Waals surface area contributed by atoms with Crippen LogP contribution in [0.4, 0.5) is 0 Å². The number of rotatable bonds is 6. The van der Waals surface area contributed by atoms with E-state index in [1.807, 2.05) is 0 Å². The molecular weight excluding hydrogens is 252 g/mol. The van der Waals surface area contributed by atoms with Gasteiger partial charge in [0.25, 0.3) is 0 Å². The minimum absolute atomic E-state index is 0.726. The molecule has 5 unspecified atom stereocenters. The lowest BCUT2D eigenvalue weighted by Gasteiger charge is -2.24. The Morgan fingerprint density at radius 2 is 1.11 bits per heavy atom. The number of carboxylic acids is 1. The third-order valence-electron chi connectivity index (χ3n) is 1.87. The van der Waals surface area contributed by atoms with E-state index in [9.17, 15) is 4.79 Å². The van der Waals surface area contributed by atoms with Crippen molar-refractivity contribution in [3.8, 4) is 0 Å². The number of carbonyl (C=O) groups is 1. The van der Waals surface area contributed by atoms with Crippen LogP contribution in [0.2, 0.25) is 0 Å². The average Bonchev–Trinajstić information content (AvgIpc) is 2.35. The molecule has 0 amide bonds. The quantitative estimate of drug-likeness (QED) is 0.238. The second-order valence-corrected chi connectivity index (χ2v) is 3.50. The van der Waals surface area contributed by atoms with E-state index in [0.717, 1.165) is 0 Å².